The molecule has 0 N–H and O–H groups in total. The van der Waals surface area contributed by atoms with E-state index in [1.165, 1.54) is 0 Å². The van der Waals surface area contributed by atoms with Crippen LogP contribution < -0.4 is 4.74 Å². The smallest absolute Gasteiger partial charge is 0.189 e. The number of carbonyl (C=O) groups is 1. The number of ether oxygens (including phenoxy) is 1. The van der Waals surface area contributed by atoms with Gasteiger partial charge in [-0.25, -0.2) is 0 Å². The highest BCUT2D eigenvalue weighted by molar-refractivity contribution is 6.11. The maximum Gasteiger partial charge on any atom is 0.189 e. The van der Waals surface area contributed by atoms with Gasteiger partial charge in [0.15, 0.2) is 5.78 Å². The van der Waals surface area contributed by atoms with Crippen LogP contribution in [0.5, 0.6) is 5.75 Å². The lowest BCUT2D eigenvalue weighted by molar-refractivity contribution is 0.102. The van der Waals surface area contributed by atoms with Crippen molar-refractivity contribution in [2.24, 2.45) is 0 Å². The van der Waals surface area contributed by atoms with Crippen LogP contribution in [0.3, 0.4) is 0 Å². The second-order valence-corrected chi connectivity index (χ2v) is 5.31. The summed E-state index contributed by atoms with van der Waals surface area (Å²) in [5.74, 6) is 0.839. The van der Waals surface area contributed by atoms with Gasteiger partial charge in [-0.3, -0.25) is 4.79 Å². The van der Waals surface area contributed by atoms with Crippen molar-refractivity contribution in [1.29, 1.82) is 0 Å². The normalized spacial score (nSPS) is 16.0. The minimum Gasteiger partial charge on any atom is -0.497 e. The number of Topliss-reactive ketones (excluding diaryl/α,β-unsaturated/α-hetero) is 1. The standard InChI is InChI=1S/C20H18O2/c1-22-18-13-12-16-10-11-17(20(21)19(16)14-18)9-5-8-15-6-3-2-4-7-15/h2-9,12-14H,10-11H2,1H3. The highest BCUT2D eigenvalue weighted by atomic mass is 16.5. The van der Waals surface area contributed by atoms with E-state index < -0.39 is 0 Å². The van der Waals surface area contributed by atoms with Gasteiger partial charge >= 0.3 is 0 Å². The molecule has 0 bridgehead atoms. The second-order valence-electron chi connectivity index (χ2n) is 5.31. The van der Waals surface area contributed by atoms with Gasteiger partial charge < -0.3 is 4.74 Å². The maximum absolute atomic E-state index is 12.6. The first-order chi connectivity index (χ1) is 10.8. The molecule has 0 aliphatic heterocycles. The van der Waals surface area contributed by atoms with Gasteiger partial charge in [-0.2, -0.15) is 0 Å². The molecule has 0 saturated carbocycles. The molecule has 2 aromatic rings. The number of hydrogen-bond acceptors (Lipinski definition) is 2. The predicted octanol–water partition coefficient (Wildman–Crippen LogP) is 4.46. The topological polar surface area (TPSA) is 26.3 Å². The van der Waals surface area contributed by atoms with Crippen molar-refractivity contribution in [3.8, 4) is 5.75 Å². The van der Waals surface area contributed by atoms with Crippen LogP contribution in [0.2, 0.25) is 0 Å². The van der Waals surface area contributed by atoms with E-state index in [4.69, 9.17) is 4.74 Å². The zero-order chi connectivity index (χ0) is 15.4. The van der Waals surface area contributed by atoms with Crippen molar-refractivity contribution in [3.63, 3.8) is 0 Å². The molecule has 1 aliphatic carbocycles. The van der Waals surface area contributed by atoms with Gasteiger partial charge in [-0.1, -0.05) is 54.6 Å². The highest BCUT2D eigenvalue weighted by Gasteiger charge is 2.21. The monoisotopic (exact) mass is 290 g/mol. The van der Waals surface area contributed by atoms with Crippen molar-refractivity contribution >= 4 is 11.9 Å². The highest BCUT2D eigenvalue weighted by Crippen LogP contribution is 2.28. The van der Waals surface area contributed by atoms with E-state index in [0.29, 0.717) is 0 Å². The zero-order valence-corrected chi connectivity index (χ0v) is 12.6. The molecule has 0 amide bonds. The number of methoxy groups -OCH3 is 1. The van der Waals surface area contributed by atoms with Crippen molar-refractivity contribution in [2.45, 2.75) is 12.8 Å². The minimum atomic E-state index is 0.109. The average molecular weight is 290 g/mol. The van der Waals surface area contributed by atoms with Crippen LogP contribution in [0.15, 0.2) is 66.3 Å². The largest absolute Gasteiger partial charge is 0.497 e. The third-order valence-electron chi connectivity index (χ3n) is 3.90. The number of allylic oxidation sites excluding steroid dienone is 3. The fourth-order valence-electron chi connectivity index (χ4n) is 2.67. The van der Waals surface area contributed by atoms with E-state index >= 15 is 0 Å². The first-order valence-electron chi connectivity index (χ1n) is 7.42. The van der Waals surface area contributed by atoms with Crippen molar-refractivity contribution in [2.75, 3.05) is 7.11 Å². The quantitative estimate of drug-likeness (QED) is 0.780. The molecule has 1 aliphatic rings. The minimum absolute atomic E-state index is 0.109. The molecule has 0 atom stereocenters. The van der Waals surface area contributed by atoms with Crippen molar-refractivity contribution < 1.29 is 9.53 Å². The van der Waals surface area contributed by atoms with E-state index in [2.05, 4.69) is 0 Å². The Morgan fingerprint density at radius 2 is 1.86 bits per heavy atom. The molecule has 0 fully saturated rings. The van der Waals surface area contributed by atoms with Crippen LogP contribution in [0.4, 0.5) is 0 Å². The van der Waals surface area contributed by atoms with Crippen LogP contribution >= 0.6 is 0 Å². The molecule has 22 heavy (non-hydrogen) atoms. The fraction of sp³-hybridized carbons (Fsp3) is 0.150. The van der Waals surface area contributed by atoms with Gasteiger partial charge in [-0.05, 0) is 36.1 Å². The molecule has 0 spiro atoms. The van der Waals surface area contributed by atoms with Crippen LogP contribution in [0.1, 0.15) is 27.9 Å². The summed E-state index contributed by atoms with van der Waals surface area (Å²) in [5, 5.41) is 0. The molecular formula is C20H18O2. The summed E-state index contributed by atoms with van der Waals surface area (Å²) in [5.41, 5.74) is 3.86. The Morgan fingerprint density at radius 1 is 1.05 bits per heavy atom. The number of carbonyl (C=O) groups excluding carboxylic acids is 1. The van der Waals surface area contributed by atoms with Gasteiger partial charge in [0.1, 0.15) is 5.75 Å². The van der Waals surface area contributed by atoms with E-state index in [0.717, 1.165) is 40.9 Å². The Bertz CT molecular complexity index is 740. The summed E-state index contributed by atoms with van der Waals surface area (Å²) in [4.78, 5) is 12.6. The summed E-state index contributed by atoms with van der Waals surface area (Å²) in [7, 11) is 1.62. The first-order valence-corrected chi connectivity index (χ1v) is 7.42. The molecule has 0 heterocycles. The maximum atomic E-state index is 12.6. The van der Waals surface area contributed by atoms with Crippen LogP contribution in [-0.4, -0.2) is 12.9 Å². The molecule has 0 unspecified atom stereocenters. The number of hydrogen-bond donors (Lipinski definition) is 0. The first kappa shape index (κ1) is 14.3. The van der Waals surface area contributed by atoms with E-state index in [9.17, 15) is 4.79 Å². The van der Waals surface area contributed by atoms with Crippen molar-refractivity contribution in [3.05, 3.63) is 82.9 Å². The number of ketones is 1. The summed E-state index contributed by atoms with van der Waals surface area (Å²) in [6.07, 6.45) is 7.58. The predicted molar refractivity (Wildman–Crippen MR) is 89.2 cm³/mol. The molecule has 110 valence electrons. The summed E-state index contributed by atoms with van der Waals surface area (Å²) < 4.78 is 5.22. The third-order valence-corrected chi connectivity index (χ3v) is 3.90. The Hall–Kier alpha value is -2.61. The summed E-state index contributed by atoms with van der Waals surface area (Å²) >= 11 is 0. The van der Waals surface area contributed by atoms with Gasteiger partial charge in [0.05, 0.1) is 7.11 Å². The number of rotatable bonds is 3. The van der Waals surface area contributed by atoms with Gasteiger partial charge in [0.2, 0.25) is 0 Å². The Morgan fingerprint density at radius 3 is 2.64 bits per heavy atom. The lowest BCUT2D eigenvalue weighted by Crippen LogP contribution is -2.14. The third kappa shape index (κ3) is 3.01. The van der Waals surface area contributed by atoms with Gasteiger partial charge in [0.25, 0.3) is 0 Å². The molecule has 2 aromatic carbocycles. The molecule has 0 saturated heterocycles. The Labute approximate surface area is 130 Å². The number of fused-ring (bicyclic) bond motifs is 1. The van der Waals surface area contributed by atoms with Crippen LogP contribution in [-0.2, 0) is 6.42 Å². The summed E-state index contributed by atoms with van der Waals surface area (Å²) in [6, 6.07) is 15.8. The molecule has 2 nitrogen and oxygen atoms in total. The fourth-order valence-corrected chi connectivity index (χ4v) is 2.67. The van der Waals surface area contributed by atoms with Crippen molar-refractivity contribution in [1.82, 2.24) is 0 Å². The average Bonchev–Trinajstić information content (AvgIpc) is 2.58. The van der Waals surface area contributed by atoms with E-state index in [1.807, 2.05) is 66.8 Å². The molecule has 3 rings (SSSR count). The lowest BCUT2D eigenvalue weighted by atomic mass is 9.86. The Kier molecular flexibility index (Phi) is 4.19. The van der Waals surface area contributed by atoms with Gasteiger partial charge in [0, 0.05) is 11.1 Å². The van der Waals surface area contributed by atoms with Crippen LogP contribution in [0.25, 0.3) is 6.08 Å². The molecule has 2 heteroatoms. The van der Waals surface area contributed by atoms with Gasteiger partial charge in [-0.15, -0.1) is 0 Å². The molecule has 0 radical (unpaired) electrons. The Balaban J connectivity index is 1.83. The number of benzene rings is 2. The molecular weight excluding hydrogens is 272 g/mol. The van der Waals surface area contributed by atoms with E-state index in [-0.39, 0.29) is 5.78 Å². The SMILES string of the molecule is COc1ccc2c(c1)C(=O)C(=CC=Cc1ccccc1)CC2. The molecule has 0 aromatic heterocycles. The lowest BCUT2D eigenvalue weighted by Gasteiger charge is -2.17. The second kappa shape index (κ2) is 6.44. The van der Waals surface area contributed by atoms with Crippen LogP contribution in [0, 0.1) is 0 Å². The zero-order valence-electron chi connectivity index (χ0n) is 12.6. The summed E-state index contributed by atoms with van der Waals surface area (Å²) in [6.45, 7) is 0. The van der Waals surface area contributed by atoms with E-state index in [1.54, 1.807) is 7.11 Å². The number of aryl methyl sites for hydroxylation is 1.